The lowest BCUT2D eigenvalue weighted by Gasteiger charge is -2.50. The molecule has 0 unspecified atom stereocenters. The molecule has 9 saturated heterocycles. The van der Waals surface area contributed by atoms with E-state index in [4.69, 9.17) is 80.5 Å². The fourth-order valence-electron chi connectivity index (χ4n) is 12.8. The Morgan fingerprint density at radius 2 is 0.390 bits per heavy atom. The summed E-state index contributed by atoms with van der Waals surface area (Å²) in [4.78, 5) is 0. The van der Waals surface area contributed by atoms with Crippen molar-refractivity contribution >= 4 is 0 Å². The zero-order chi connectivity index (χ0) is 73.4. The van der Waals surface area contributed by atoms with Gasteiger partial charge in [-0.05, 0) is 0 Å². The minimum Gasteiger partial charge on any atom is -0.394 e. The fourth-order valence-corrected chi connectivity index (χ4v) is 12.8. The second kappa shape index (κ2) is 35.5. The molecule has 9 rings (SSSR count). The Balaban J connectivity index is 0.957. The number of hydrogen-bond donors (Lipinski definition) is 29. The Labute approximate surface area is 563 Å². The van der Waals surface area contributed by atoms with E-state index in [1.807, 2.05) is 0 Å². The molecular weight excluding hydrogens is 1380 g/mol. The molecule has 0 radical (unpaired) electrons. The highest BCUT2D eigenvalue weighted by molar-refractivity contribution is 5.02. The van der Waals surface area contributed by atoms with Gasteiger partial charge in [-0.2, -0.15) is 0 Å². The average Bonchev–Trinajstić information content (AvgIpc) is 0.779. The molecule has 45 atom stereocenters. The molecule has 9 fully saturated rings. The predicted molar refractivity (Wildman–Crippen MR) is 297 cm³/mol. The van der Waals surface area contributed by atoms with Crippen LogP contribution in [-0.4, -0.2) is 484 Å². The van der Waals surface area contributed by atoms with E-state index < -0.39 is 336 Å². The zero-order valence-electron chi connectivity index (χ0n) is 52.3. The van der Waals surface area contributed by atoms with Gasteiger partial charge in [0.05, 0.1) is 59.5 Å². The Morgan fingerprint density at radius 3 is 0.700 bits per heavy atom. The highest BCUT2D eigenvalue weighted by Gasteiger charge is 2.60. The third-order valence-electron chi connectivity index (χ3n) is 18.8. The SMILES string of the molecule is OC[C@H]1O[C@@H](O[C@H]2[C@H](O)[C@@H](O)[C@@H](O[C@H]3[C@H](O[C@H]4[C@H](O[C@@H]5O[C@H](CO)[C@@H](O)[C@H](O)[C@H]5O)[C@@H](O)[C@@H](O)O[C@@H]4CO[C@@H]4O[C@H](CO)[C@@H](O)[C@H](O)[C@H]4O[C@H]4O[C@H](CO)[C@@H](O[C@@H]5O[C@H](CO)[C@H](O[C@H]6O[C@H](CO)[C@H](O)[C@H](O)[C@H]6O)[C@H](O)[C@H]5O)[C@H](O)[C@H]4O)O[C@H](CO)[C@@H](O)[C@@H]3O)O[C@@H]2CO)[C@H](O)[C@@H](O)[C@H]1O. The van der Waals surface area contributed by atoms with Crippen LogP contribution in [-0.2, 0) is 80.5 Å². The van der Waals surface area contributed by atoms with Gasteiger partial charge in [0.15, 0.2) is 56.6 Å². The third-order valence-corrected chi connectivity index (χ3v) is 18.8. The van der Waals surface area contributed by atoms with Gasteiger partial charge in [-0.15, -0.1) is 0 Å². The molecule has 0 bridgehead atoms. The van der Waals surface area contributed by atoms with Crippen molar-refractivity contribution in [3.8, 4) is 0 Å². The second-order valence-electron chi connectivity index (χ2n) is 25.2. The summed E-state index contributed by atoms with van der Waals surface area (Å²) in [5.74, 6) is 0. The van der Waals surface area contributed by atoms with E-state index in [0.717, 1.165) is 0 Å². The first-order valence-corrected chi connectivity index (χ1v) is 31.7. The number of hydrogen-bond acceptors (Lipinski definition) is 46. The third kappa shape index (κ3) is 16.9. The number of aliphatic hydroxyl groups is 29. The van der Waals surface area contributed by atoms with E-state index in [1.54, 1.807) is 0 Å². The normalized spacial score (nSPS) is 53.7. The van der Waals surface area contributed by atoms with Crippen LogP contribution in [0.2, 0.25) is 0 Å². The molecule has 100 heavy (non-hydrogen) atoms. The quantitative estimate of drug-likeness (QED) is 0.0404. The van der Waals surface area contributed by atoms with Crippen molar-refractivity contribution in [3.63, 3.8) is 0 Å². The largest absolute Gasteiger partial charge is 0.394 e. The van der Waals surface area contributed by atoms with Crippen molar-refractivity contribution in [2.45, 2.75) is 276 Å². The maximum atomic E-state index is 11.7. The predicted octanol–water partition coefficient (Wildman–Crippen LogP) is -20.6. The minimum atomic E-state index is -2.47. The summed E-state index contributed by atoms with van der Waals surface area (Å²) in [6.07, 6.45) is -94.2. The molecule has 0 amide bonds. The van der Waals surface area contributed by atoms with Gasteiger partial charge in [-0.25, -0.2) is 0 Å². The van der Waals surface area contributed by atoms with Crippen LogP contribution in [0.15, 0.2) is 0 Å². The monoisotopic (exact) mass is 1480 g/mol. The summed E-state index contributed by atoms with van der Waals surface area (Å²) in [5.41, 5.74) is 0. The zero-order valence-corrected chi connectivity index (χ0v) is 52.3. The van der Waals surface area contributed by atoms with Gasteiger partial charge < -0.3 is 229 Å². The van der Waals surface area contributed by atoms with Crippen LogP contribution >= 0.6 is 0 Å². The molecule has 0 aliphatic carbocycles. The summed E-state index contributed by atoms with van der Waals surface area (Å²) < 4.78 is 97.4. The van der Waals surface area contributed by atoms with Crippen molar-refractivity contribution in [1.29, 1.82) is 0 Å². The van der Waals surface area contributed by atoms with Crippen LogP contribution in [0.1, 0.15) is 0 Å². The minimum absolute atomic E-state index is 0.890. The Hall–Kier alpha value is -1.84. The molecule has 0 aromatic rings. The van der Waals surface area contributed by atoms with Gasteiger partial charge >= 0.3 is 0 Å². The molecule has 584 valence electrons. The molecule has 46 nitrogen and oxygen atoms in total. The van der Waals surface area contributed by atoms with Gasteiger partial charge in [-0.1, -0.05) is 0 Å². The van der Waals surface area contributed by atoms with Crippen molar-refractivity contribution < 1.29 is 229 Å². The molecule has 9 heterocycles. The van der Waals surface area contributed by atoms with Crippen molar-refractivity contribution in [2.75, 3.05) is 59.5 Å². The summed E-state index contributed by atoms with van der Waals surface area (Å²) >= 11 is 0. The van der Waals surface area contributed by atoms with Gasteiger partial charge in [0.2, 0.25) is 0 Å². The molecular formula is C54H92O46. The van der Waals surface area contributed by atoms with Crippen LogP contribution in [0, 0.1) is 0 Å². The standard InChI is InChI=1S/C54H92O46/c55-1-10-19(63)24(68)32(76)47(86-10)94-39-15(6-60)91-50(35(79)29(39)73)96-41-17(8-62)92-51(36(80)30(41)74)99-44-27(71)22(66)13(4-58)89-53(44)84-9-18-42(43(38(82)46(83)85-18)98-49-34(78)26(70)21(65)12(3-57)88-49)97-54-45(28(72)23(67)14(5-59)90-54)100-52-37(81)31(75)40(16(7-61)93-52)95-48-33(77)25(69)20(64)11(2-56)87-48/h10-83H,1-9H2/t10-,11-,12-,13-,14-,15-,16-,17-,18-,19+,20+,21-,22-,23-,24+,25+,26+,27+,28+,29-,30-,31-,32-,33-,34-,35-,36-,37-,38-,39+,40-,41-,42-,43-,44-,45-,46+,47-,48+,49+,50+,51-,52-,53-,54+/m1/s1. The van der Waals surface area contributed by atoms with Crippen molar-refractivity contribution in [2.24, 2.45) is 0 Å². The van der Waals surface area contributed by atoms with Crippen LogP contribution in [0.5, 0.6) is 0 Å². The van der Waals surface area contributed by atoms with Crippen LogP contribution < -0.4 is 0 Å². The number of ether oxygens (including phenoxy) is 17. The molecule has 0 spiro atoms. The first-order valence-electron chi connectivity index (χ1n) is 31.7. The van der Waals surface area contributed by atoms with Crippen LogP contribution in [0.25, 0.3) is 0 Å². The van der Waals surface area contributed by atoms with Gasteiger partial charge in [-0.3, -0.25) is 0 Å². The average molecular weight is 1480 g/mol. The summed E-state index contributed by atoms with van der Waals surface area (Å²) in [7, 11) is 0. The lowest BCUT2D eigenvalue weighted by molar-refractivity contribution is -0.408. The van der Waals surface area contributed by atoms with E-state index >= 15 is 0 Å². The topological polar surface area (TPSA) is 744 Å². The van der Waals surface area contributed by atoms with Gasteiger partial charge in [0.25, 0.3) is 0 Å². The van der Waals surface area contributed by atoms with E-state index in [0.29, 0.717) is 0 Å². The molecule has 46 heteroatoms. The number of rotatable bonds is 25. The Morgan fingerprint density at radius 1 is 0.170 bits per heavy atom. The summed E-state index contributed by atoms with van der Waals surface area (Å²) in [6, 6.07) is 0. The molecule has 9 aliphatic rings. The fraction of sp³-hybridized carbons (Fsp3) is 1.00. The first-order chi connectivity index (χ1) is 47.4. The molecule has 0 aromatic heterocycles. The van der Waals surface area contributed by atoms with Crippen molar-refractivity contribution in [3.05, 3.63) is 0 Å². The van der Waals surface area contributed by atoms with Gasteiger partial charge in [0.1, 0.15) is 220 Å². The van der Waals surface area contributed by atoms with Crippen LogP contribution in [0.3, 0.4) is 0 Å². The molecule has 9 aliphatic heterocycles. The maximum Gasteiger partial charge on any atom is 0.187 e. The van der Waals surface area contributed by atoms with Crippen molar-refractivity contribution in [1.82, 2.24) is 0 Å². The highest BCUT2D eigenvalue weighted by Crippen LogP contribution is 2.40. The van der Waals surface area contributed by atoms with Crippen LogP contribution in [0.4, 0.5) is 0 Å². The highest BCUT2D eigenvalue weighted by atomic mass is 16.8. The Kier molecular flexibility index (Phi) is 29.2. The second-order valence-corrected chi connectivity index (χ2v) is 25.2. The first kappa shape index (κ1) is 82.2. The lowest BCUT2D eigenvalue weighted by atomic mass is 9.95. The summed E-state index contributed by atoms with van der Waals surface area (Å²) in [5, 5.41) is 313. The maximum absolute atomic E-state index is 11.7. The number of aliphatic hydroxyl groups excluding tert-OH is 29. The Bertz CT molecular complexity index is 2450. The van der Waals surface area contributed by atoms with E-state index in [1.165, 1.54) is 0 Å². The van der Waals surface area contributed by atoms with E-state index in [2.05, 4.69) is 0 Å². The molecule has 29 N–H and O–H groups in total. The summed E-state index contributed by atoms with van der Waals surface area (Å²) in [6.45, 7) is -9.66. The molecule has 0 aromatic carbocycles. The van der Waals surface area contributed by atoms with Gasteiger partial charge in [0, 0.05) is 0 Å². The molecule has 0 saturated carbocycles. The lowest BCUT2D eigenvalue weighted by Crippen LogP contribution is -2.69. The van der Waals surface area contributed by atoms with E-state index in [9.17, 15) is 148 Å². The van der Waals surface area contributed by atoms with E-state index in [-0.39, 0.29) is 0 Å². The smallest absolute Gasteiger partial charge is 0.187 e.